The van der Waals surface area contributed by atoms with Crippen molar-refractivity contribution in [2.45, 2.75) is 19.3 Å². The molecule has 1 aliphatic heterocycles. The lowest BCUT2D eigenvalue weighted by Crippen LogP contribution is -2.38. The molecule has 0 aliphatic carbocycles. The van der Waals surface area contributed by atoms with Gasteiger partial charge in [0.25, 0.3) is 5.91 Å². The number of likely N-dealkylation sites (tertiary alicyclic amines) is 1. The van der Waals surface area contributed by atoms with Crippen molar-refractivity contribution in [2.24, 2.45) is 5.92 Å². The molecule has 0 saturated carbocycles. The van der Waals surface area contributed by atoms with Gasteiger partial charge in [0.15, 0.2) is 11.6 Å². The molecule has 1 N–H and O–H groups in total. The second-order valence-corrected chi connectivity index (χ2v) is 7.24. The first-order valence-electron chi connectivity index (χ1n) is 8.00. The molecule has 0 spiro atoms. The monoisotopic (exact) mass is 365 g/mol. The molecular weight excluding hydrogens is 348 g/mol. The number of benzene rings is 1. The molecule has 1 aromatic heterocycles. The fraction of sp³-hybridized carbons (Fsp3) is 0.333. The Morgan fingerprint density at radius 1 is 1.08 bits per heavy atom. The van der Waals surface area contributed by atoms with Gasteiger partial charge in [-0.25, -0.2) is 13.6 Å². The van der Waals surface area contributed by atoms with Crippen LogP contribution >= 0.6 is 11.3 Å². The van der Waals surface area contributed by atoms with E-state index < -0.39 is 17.6 Å². The van der Waals surface area contributed by atoms with E-state index in [0.717, 1.165) is 35.8 Å². The summed E-state index contributed by atoms with van der Waals surface area (Å²) in [5.41, 5.74) is 0.757. The quantitative estimate of drug-likeness (QED) is 0.896. The zero-order valence-corrected chi connectivity index (χ0v) is 14.2. The maximum absolute atomic E-state index is 13.3. The van der Waals surface area contributed by atoms with E-state index in [1.54, 1.807) is 17.0 Å². The number of carboxylic acid groups (broad SMARTS) is 1. The standard InChI is InChI=1S/C18H17F2NO3S/c19-13-2-1-12(10-14(13)20)9-11-5-7-21(8-6-11)17(22)15-3-4-16(25-15)18(23)24/h1-4,10-11H,5-9H2,(H,23,24). The van der Waals surface area contributed by atoms with E-state index in [1.165, 1.54) is 12.1 Å². The maximum atomic E-state index is 13.3. The summed E-state index contributed by atoms with van der Waals surface area (Å²) in [5, 5.41) is 8.94. The Hall–Kier alpha value is -2.28. The number of hydrogen-bond acceptors (Lipinski definition) is 3. The van der Waals surface area contributed by atoms with Crippen LogP contribution in [0.5, 0.6) is 0 Å². The van der Waals surface area contributed by atoms with Crippen LogP contribution in [-0.4, -0.2) is 35.0 Å². The van der Waals surface area contributed by atoms with Crippen molar-refractivity contribution in [3.05, 3.63) is 57.3 Å². The minimum Gasteiger partial charge on any atom is -0.477 e. The van der Waals surface area contributed by atoms with Gasteiger partial charge in [0.2, 0.25) is 0 Å². The molecule has 2 aromatic rings. The summed E-state index contributed by atoms with van der Waals surface area (Å²) in [5.74, 6) is -2.55. The molecule has 1 saturated heterocycles. The third-order valence-corrected chi connectivity index (χ3v) is 5.50. The Morgan fingerprint density at radius 3 is 2.36 bits per heavy atom. The highest BCUT2D eigenvalue weighted by Crippen LogP contribution is 2.25. The highest BCUT2D eigenvalue weighted by Gasteiger charge is 2.25. The first kappa shape index (κ1) is 17.5. The van der Waals surface area contributed by atoms with E-state index in [0.29, 0.717) is 30.3 Å². The fourth-order valence-corrected chi connectivity index (χ4v) is 3.88. The Kier molecular flexibility index (Phi) is 5.13. The number of piperidine rings is 1. The largest absolute Gasteiger partial charge is 0.477 e. The maximum Gasteiger partial charge on any atom is 0.345 e. The normalized spacial score (nSPS) is 15.4. The second-order valence-electron chi connectivity index (χ2n) is 6.16. The molecule has 1 aliphatic rings. The smallest absolute Gasteiger partial charge is 0.345 e. The van der Waals surface area contributed by atoms with Crippen molar-refractivity contribution in [1.82, 2.24) is 4.90 Å². The van der Waals surface area contributed by atoms with Gasteiger partial charge in [0, 0.05) is 13.1 Å². The van der Waals surface area contributed by atoms with E-state index in [9.17, 15) is 18.4 Å². The van der Waals surface area contributed by atoms with Crippen LogP contribution in [0.1, 0.15) is 37.7 Å². The lowest BCUT2D eigenvalue weighted by Gasteiger charge is -2.31. The number of aromatic carboxylic acids is 1. The summed E-state index contributed by atoms with van der Waals surface area (Å²) in [6.07, 6.45) is 2.21. The van der Waals surface area contributed by atoms with Gasteiger partial charge in [-0.3, -0.25) is 4.79 Å². The zero-order valence-electron chi connectivity index (χ0n) is 13.4. The third kappa shape index (κ3) is 4.04. The summed E-state index contributed by atoms with van der Waals surface area (Å²) in [7, 11) is 0. The van der Waals surface area contributed by atoms with Crippen molar-refractivity contribution in [3.8, 4) is 0 Å². The molecule has 0 radical (unpaired) electrons. The van der Waals surface area contributed by atoms with Crippen LogP contribution in [0, 0.1) is 17.6 Å². The van der Waals surface area contributed by atoms with E-state index >= 15 is 0 Å². The Morgan fingerprint density at radius 2 is 1.76 bits per heavy atom. The molecule has 2 heterocycles. The molecule has 1 amide bonds. The summed E-state index contributed by atoms with van der Waals surface area (Å²) < 4.78 is 26.3. The van der Waals surface area contributed by atoms with Crippen molar-refractivity contribution in [1.29, 1.82) is 0 Å². The summed E-state index contributed by atoms with van der Waals surface area (Å²) in [6, 6.07) is 6.95. The van der Waals surface area contributed by atoms with Crippen molar-refractivity contribution >= 4 is 23.2 Å². The number of rotatable bonds is 4. The number of amides is 1. The van der Waals surface area contributed by atoms with Crippen LogP contribution in [-0.2, 0) is 6.42 Å². The van der Waals surface area contributed by atoms with E-state index in [1.807, 2.05) is 0 Å². The average Bonchev–Trinajstić information content (AvgIpc) is 3.09. The van der Waals surface area contributed by atoms with Crippen LogP contribution in [0.2, 0.25) is 0 Å². The molecule has 25 heavy (non-hydrogen) atoms. The molecule has 3 rings (SSSR count). The number of carboxylic acids is 1. The zero-order chi connectivity index (χ0) is 18.0. The fourth-order valence-electron chi connectivity index (χ4n) is 3.06. The van der Waals surface area contributed by atoms with Crippen molar-refractivity contribution in [3.63, 3.8) is 0 Å². The Balaban J connectivity index is 1.56. The topological polar surface area (TPSA) is 57.6 Å². The highest BCUT2D eigenvalue weighted by atomic mass is 32.1. The number of hydrogen-bond donors (Lipinski definition) is 1. The number of carbonyl (C=O) groups excluding carboxylic acids is 1. The summed E-state index contributed by atoms with van der Waals surface area (Å²) in [6.45, 7) is 1.15. The molecular formula is C18H17F2NO3S. The number of carbonyl (C=O) groups is 2. The predicted octanol–water partition coefficient (Wildman–Crippen LogP) is 3.82. The van der Waals surface area contributed by atoms with Crippen molar-refractivity contribution in [2.75, 3.05) is 13.1 Å². The second kappa shape index (κ2) is 7.31. The highest BCUT2D eigenvalue weighted by molar-refractivity contribution is 7.15. The number of nitrogens with zero attached hydrogens (tertiary/aromatic N) is 1. The molecule has 0 atom stereocenters. The Bertz CT molecular complexity index is 797. The van der Waals surface area contributed by atoms with Crippen LogP contribution in [0.25, 0.3) is 0 Å². The molecule has 1 fully saturated rings. The van der Waals surface area contributed by atoms with Crippen LogP contribution in [0.15, 0.2) is 30.3 Å². The van der Waals surface area contributed by atoms with Crippen LogP contribution < -0.4 is 0 Å². The van der Waals surface area contributed by atoms with E-state index in [4.69, 9.17) is 5.11 Å². The van der Waals surface area contributed by atoms with Gasteiger partial charge in [0.05, 0.1) is 4.88 Å². The molecule has 7 heteroatoms. The van der Waals surface area contributed by atoms with Gasteiger partial charge < -0.3 is 10.0 Å². The van der Waals surface area contributed by atoms with Gasteiger partial charge >= 0.3 is 5.97 Å². The first-order chi connectivity index (χ1) is 11.9. The van der Waals surface area contributed by atoms with Gasteiger partial charge in [-0.2, -0.15) is 0 Å². The molecule has 0 bridgehead atoms. The van der Waals surface area contributed by atoms with Crippen molar-refractivity contribution < 1.29 is 23.5 Å². The summed E-state index contributed by atoms with van der Waals surface area (Å²) in [4.78, 5) is 25.6. The van der Waals surface area contributed by atoms with Gasteiger partial charge in [-0.15, -0.1) is 11.3 Å². The van der Waals surface area contributed by atoms with Crippen LogP contribution in [0.3, 0.4) is 0 Å². The lowest BCUT2D eigenvalue weighted by atomic mass is 9.90. The van der Waals surface area contributed by atoms with Gasteiger partial charge in [-0.1, -0.05) is 6.07 Å². The molecule has 1 aromatic carbocycles. The van der Waals surface area contributed by atoms with Gasteiger partial charge in [0.1, 0.15) is 4.88 Å². The minimum atomic E-state index is -1.03. The average molecular weight is 365 g/mol. The third-order valence-electron chi connectivity index (χ3n) is 4.44. The van der Waals surface area contributed by atoms with E-state index in [2.05, 4.69) is 0 Å². The lowest BCUT2D eigenvalue weighted by molar-refractivity contribution is 0.0691. The van der Waals surface area contributed by atoms with Gasteiger partial charge in [-0.05, 0) is 55.0 Å². The molecule has 0 unspecified atom stereocenters. The van der Waals surface area contributed by atoms with E-state index in [-0.39, 0.29) is 10.8 Å². The number of halogens is 2. The first-order valence-corrected chi connectivity index (χ1v) is 8.82. The van der Waals surface area contributed by atoms with Crippen LogP contribution in [0.4, 0.5) is 8.78 Å². The predicted molar refractivity (Wildman–Crippen MR) is 90.0 cm³/mol. The molecule has 4 nitrogen and oxygen atoms in total. The Labute approximate surface area is 147 Å². The summed E-state index contributed by atoms with van der Waals surface area (Å²) >= 11 is 0.981. The SMILES string of the molecule is O=C(O)c1ccc(C(=O)N2CCC(Cc3ccc(F)c(F)c3)CC2)s1. The number of thiophene rings is 1. The minimum absolute atomic E-state index is 0.149. The molecule has 132 valence electrons.